The molecule has 0 fully saturated rings. The highest BCUT2D eigenvalue weighted by Gasteiger charge is 2.21. The summed E-state index contributed by atoms with van der Waals surface area (Å²) in [5, 5.41) is 0. The smallest absolute Gasteiger partial charge is 0.120 e. The molecule has 0 atom stereocenters. The minimum absolute atomic E-state index is 0.552. The number of hydrogen-bond acceptors (Lipinski definition) is 3. The number of ether oxygens (including phenoxy) is 1. The van der Waals surface area contributed by atoms with Crippen LogP contribution in [0.1, 0.15) is 25.3 Å². The van der Waals surface area contributed by atoms with Crippen LogP contribution in [-0.2, 0) is 0 Å². The van der Waals surface area contributed by atoms with Crippen LogP contribution in [0.3, 0.4) is 0 Å². The molecule has 0 saturated heterocycles. The van der Waals surface area contributed by atoms with Gasteiger partial charge >= 0.3 is 0 Å². The first-order valence-corrected chi connectivity index (χ1v) is 7.65. The van der Waals surface area contributed by atoms with E-state index >= 15 is 0 Å². The average molecular weight is 285 g/mol. The molecule has 1 heterocycles. The molecule has 2 nitrogen and oxygen atoms in total. The maximum Gasteiger partial charge on any atom is 0.120 e. The molecule has 2 aromatic carbocycles. The number of nitrogens with zero attached hydrogens (tertiary/aromatic N) is 1. The maximum absolute atomic E-state index is 5.32. The van der Waals surface area contributed by atoms with Gasteiger partial charge in [0.05, 0.1) is 18.5 Å². The molecule has 104 valence electrons. The maximum atomic E-state index is 5.32. The van der Waals surface area contributed by atoms with Gasteiger partial charge in [0.25, 0.3) is 0 Å². The molecular weight excluding hydrogens is 266 g/mol. The van der Waals surface area contributed by atoms with Crippen molar-refractivity contribution in [3.05, 3.63) is 42.0 Å². The van der Waals surface area contributed by atoms with Gasteiger partial charge in [-0.15, -0.1) is 0 Å². The lowest BCUT2D eigenvalue weighted by atomic mass is 10.0. The Bertz CT molecular complexity index is 651. The molecule has 0 spiro atoms. The molecular formula is C17H19NOS. The minimum atomic E-state index is 0.552. The molecule has 0 saturated carbocycles. The summed E-state index contributed by atoms with van der Waals surface area (Å²) in [6.07, 6.45) is 0. The third-order valence-corrected chi connectivity index (χ3v) is 4.87. The molecule has 0 aromatic heterocycles. The second kappa shape index (κ2) is 5.06. The highest BCUT2D eigenvalue weighted by molar-refractivity contribution is 7.99. The van der Waals surface area contributed by atoms with Crippen LogP contribution in [0.15, 0.2) is 46.2 Å². The SMILES string of the molecule is COc1ccc2c(c1)Sc1ccc(C(C)C)cc1N2C. The van der Waals surface area contributed by atoms with Crippen LogP contribution < -0.4 is 9.64 Å². The van der Waals surface area contributed by atoms with Crippen molar-refractivity contribution in [3.63, 3.8) is 0 Å². The van der Waals surface area contributed by atoms with Gasteiger partial charge in [-0.2, -0.15) is 0 Å². The molecule has 3 heteroatoms. The van der Waals surface area contributed by atoms with E-state index in [1.807, 2.05) is 17.8 Å². The van der Waals surface area contributed by atoms with Crippen molar-refractivity contribution in [2.45, 2.75) is 29.6 Å². The van der Waals surface area contributed by atoms with Crippen LogP contribution in [0, 0.1) is 0 Å². The molecule has 2 aromatic rings. The van der Waals surface area contributed by atoms with Crippen LogP contribution in [0.4, 0.5) is 11.4 Å². The zero-order chi connectivity index (χ0) is 14.3. The predicted octanol–water partition coefficient (Wildman–Crippen LogP) is 5.05. The number of benzene rings is 2. The van der Waals surface area contributed by atoms with Crippen LogP contribution in [0.2, 0.25) is 0 Å². The van der Waals surface area contributed by atoms with Gasteiger partial charge < -0.3 is 9.64 Å². The Hall–Kier alpha value is -1.61. The largest absolute Gasteiger partial charge is 0.497 e. The monoisotopic (exact) mass is 285 g/mol. The van der Waals surface area contributed by atoms with Crippen LogP contribution in [0.25, 0.3) is 0 Å². The summed E-state index contributed by atoms with van der Waals surface area (Å²) in [6.45, 7) is 4.47. The standard InChI is InChI=1S/C17H19NOS/c1-11(2)12-5-8-16-15(9-12)18(3)14-7-6-13(19-4)10-17(14)20-16/h5-11H,1-4H3. The van der Waals surface area contributed by atoms with Crippen molar-refractivity contribution < 1.29 is 4.74 Å². The first-order chi connectivity index (χ1) is 9.60. The fourth-order valence-corrected chi connectivity index (χ4v) is 3.63. The van der Waals surface area contributed by atoms with E-state index in [-0.39, 0.29) is 0 Å². The molecule has 3 rings (SSSR count). The van der Waals surface area contributed by atoms with Crippen LogP contribution >= 0.6 is 11.8 Å². The zero-order valence-corrected chi connectivity index (χ0v) is 13.1. The van der Waals surface area contributed by atoms with Crippen LogP contribution in [0.5, 0.6) is 5.75 Å². The Morgan fingerprint density at radius 1 is 1.00 bits per heavy atom. The van der Waals surface area contributed by atoms with E-state index in [1.54, 1.807) is 7.11 Å². The van der Waals surface area contributed by atoms with E-state index in [4.69, 9.17) is 4.74 Å². The lowest BCUT2D eigenvalue weighted by molar-refractivity contribution is 0.413. The van der Waals surface area contributed by atoms with Crippen molar-refractivity contribution in [2.24, 2.45) is 0 Å². The fraction of sp³-hybridized carbons (Fsp3) is 0.294. The molecule has 0 N–H and O–H groups in total. The summed E-state index contributed by atoms with van der Waals surface area (Å²) in [5.41, 5.74) is 3.91. The molecule has 0 unspecified atom stereocenters. The van der Waals surface area contributed by atoms with Crippen molar-refractivity contribution in [2.75, 3.05) is 19.1 Å². The number of hydrogen-bond donors (Lipinski definition) is 0. The van der Waals surface area contributed by atoms with E-state index in [1.165, 1.54) is 26.7 Å². The van der Waals surface area contributed by atoms with Gasteiger partial charge in [-0.05, 0) is 41.8 Å². The molecule has 1 aliphatic rings. The normalized spacial score (nSPS) is 13.2. The molecule has 0 bridgehead atoms. The zero-order valence-electron chi connectivity index (χ0n) is 12.3. The third-order valence-electron chi connectivity index (χ3n) is 3.76. The van der Waals surface area contributed by atoms with Gasteiger partial charge in [-0.3, -0.25) is 0 Å². The number of anilines is 2. The molecule has 0 aliphatic carbocycles. The molecule has 20 heavy (non-hydrogen) atoms. The third kappa shape index (κ3) is 2.16. The number of rotatable bonds is 2. The van der Waals surface area contributed by atoms with Gasteiger partial charge in [0.2, 0.25) is 0 Å². The summed E-state index contributed by atoms with van der Waals surface area (Å²) in [4.78, 5) is 4.82. The van der Waals surface area contributed by atoms with Gasteiger partial charge in [-0.1, -0.05) is 31.7 Å². The summed E-state index contributed by atoms with van der Waals surface area (Å²) >= 11 is 1.81. The van der Waals surface area contributed by atoms with Gasteiger partial charge in [0.15, 0.2) is 0 Å². The Kier molecular flexibility index (Phi) is 3.38. The van der Waals surface area contributed by atoms with Crippen molar-refractivity contribution in [1.82, 2.24) is 0 Å². The van der Waals surface area contributed by atoms with Crippen molar-refractivity contribution in [1.29, 1.82) is 0 Å². The molecule has 0 radical (unpaired) electrons. The predicted molar refractivity (Wildman–Crippen MR) is 85.7 cm³/mol. The van der Waals surface area contributed by atoms with E-state index in [0.717, 1.165) is 5.75 Å². The number of fused-ring (bicyclic) bond motifs is 2. The lowest BCUT2D eigenvalue weighted by Gasteiger charge is -2.30. The van der Waals surface area contributed by atoms with E-state index in [2.05, 4.69) is 56.1 Å². The topological polar surface area (TPSA) is 12.5 Å². The highest BCUT2D eigenvalue weighted by Crippen LogP contribution is 2.48. The average Bonchev–Trinajstić information content (AvgIpc) is 2.46. The second-order valence-electron chi connectivity index (χ2n) is 5.38. The van der Waals surface area contributed by atoms with Crippen molar-refractivity contribution in [3.8, 4) is 5.75 Å². The Balaban J connectivity index is 2.07. The Morgan fingerprint density at radius 3 is 2.50 bits per heavy atom. The van der Waals surface area contributed by atoms with E-state index < -0.39 is 0 Å². The molecule has 1 aliphatic heterocycles. The Morgan fingerprint density at radius 2 is 1.80 bits per heavy atom. The summed E-state index contributed by atoms with van der Waals surface area (Å²) in [6, 6.07) is 13.0. The summed E-state index contributed by atoms with van der Waals surface area (Å²) in [5.74, 6) is 1.46. The van der Waals surface area contributed by atoms with Gasteiger partial charge in [-0.25, -0.2) is 0 Å². The number of methoxy groups -OCH3 is 1. The first-order valence-electron chi connectivity index (χ1n) is 6.83. The summed E-state index contributed by atoms with van der Waals surface area (Å²) < 4.78 is 5.32. The van der Waals surface area contributed by atoms with Crippen molar-refractivity contribution >= 4 is 23.1 Å². The highest BCUT2D eigenvalue weighted by atomic mass is 32.2. The molecule has 0 amide bonds. The van der Waals surface area contributed by atoms with Crippen LogP contribution in [-0.4, -0.2) is 14.2 Å². The minimum Gasteiger partial charge on any atom is -0.497 e. The summed E-state index contributed by atoms with van der Waals surface area (Å²) in [7, 11) is 3.84. The van der Waals surface area contributed by atoms with E-state index in [0.29, 0.717) is 5.92 Å². The van der Waals surface area contributed by atoms with E-state index in [9.17, 15) is 0 Å². The van der Waals surface area contributed by atoms with Gasteiger partial charge in [0.1, 0.15) is 5.75 Å². The van der Waals surface area contributed by atoms with Gasteiger partial charge in [0, 0.05) is 16.8 Å². The Labute approximate surface area is 124 Å². The quantitative estimate of drug-likeness (QED) is 0.766. The fourth-order valence-electron chi connectivity index (χ4n) is 2.47. The first kappa shape index (κ1) is 13.4. The lowest BCUT2D eigenvalue weighted by Crippen LogP contribution is -2.15. The second-order valence-corrected chi connectivity index (χ2v) is 6.46.